The minimum absolute atomic E-state index is 0.617. The summed E-state index contributed by atoms with van der Waals surface area (Å²) in [5.41, 5.74) is 3.58. The molecular weight excluding hydrogens is 398 g/mol. The third-order valence-electron chi connectivity index (χ3n) is 5.62. The van der Waals surface area contributed by atoms with Gasteiger partial charge in [0.15, 0.2) is 5.96 Å². The van der Waals surface area contributed by atoms with E-state index in [4.69, 9.17) is 9.73 Å². The molecule has 2 N–H and O–H groups in total. The van der Waals surface area contributed by atoms with E-state index in [-0.39, 0.29) is 0 Å². The van der Waals surface area contributed by atoms with Gasteiger partial charge in [0.1, 0.15) is 11.6 Å². The number of hydrogen-bond donors (Lipinski definition) is 2. The van der Waals surface area contributed by atoms with E-state index in [1.165, 1.54) is 24.0 Å². The Morgan fingerprint density at radius 3 is 2.75 bits per heavy atom. The van der Waals surface area contributed by atoms with Gasteiger partial charge in [0.2, 0.25) is 0 Å². The molecule has 0 aliphatic heterocycles. The molecule has 1 aliphatic carbocycles. The number of para-hydroxylation sites is 1. The number of imidazole rings is 1. The van der Waals surface area contributed by atoms with Crippen molar-refractivity contribution in [1.29, 1.82) is 0 Å². The molecule has 1 aromatic heterocycles. The van der Waals surface area contributed by atoms with E-state index in [0.717, 1.165) is 48.7 Å². The molecule has 4 rings (SSSR count). The molecule has 6 heteroatoms. The predicted molar refractivity (Wildman–Crippen MR) is 129 cm³/mol. The molecule has 0 atom stereocenters. The quantitative estimate of drug-likeness (QED) is 0.371. The van der Waals surface area contributed by atoms with Gasteiger partial charge in [-0.1, -0.05) is 42.5 Å². The number of guanidine groups is 1. The number of aryl methyl sites for hydroxylation is 1. The minimum Gasteiger partial charge on any atom is -0.493 e. The van der Waals surface area contributed by atoms with Gasteiger partial charge in [-0.3, -0.25) is 0 Å². The van der Waals surface area contributed by atoms with Crippen molar-refractivity contribution in [2.75, 3.05) is 13.2 Å². The lowest BCUT2D eigenvalue weighted by Gasteiger charge is -2.15. The number of ether oxygens (including phenoxy) is 1. The second-order valence-electron chi connectivity index (χ2n) is 8.33. The fraction of sp³-hybridized carbons (Fsp3) is 0.385. The molecule has 0 spiro atoms. The van der Waals surface area contributed by atoms with Crippen LogP contribution in [0.15, 0.2) is 65.9 Å². The topological polar surface area (TPSA) is 63.5 Å². The average Bonchev–Trinajstić information content (AvgIpc) is 3.56. The molecular formula is C26H33N5O. The van der Waals surface area contributed by atoms with Gasteiger partial charge in [-0.15, -0.1) is 0 Å². The van der Waals surface area contributed by atoms with Crippen molar-refractivity contribution >= 4 is 5.96 Å². The molecule has 1 heterocycles. The number of hydrogen-bond acceptors (Lipinski definition) is 3. The molecule has 0 unspecified atom stereocenters. The molecule has 3 aromatic rings. The molecule has 1 aliphatic rings. The number of aliphatic imine (C=N–C) groups is 1. The Kier molecular flexibility index (Phi) is 7.43. The smallest absolute Gasteiger partial charge is 0.191 e. The van der Waals surface area contributed by atoms with Crippen LogP contribution in [0.25, 0.3) is 0 Å². The molecule has 6 nitrogen and oxygen atoms in total. The zero-order valence-corrected chi connectivity index (χ0v) is 19.1. The largest absolute Gasteiger partial charge is 0.493 e. The van der Waals surface area contributed by atoms with E-state index in [1.807, 2.05) is 25.4 Å². The van der Waals surface area contributed by atoms with E-state index >= 15 is 0 Å². The molecule has 2 aromatic carbocycles. The second kappa shape index (κ2) is 10.8. The van der Waals surface area contributed by atoms with E-state index in [9.17, 15) is 0 Å². The SMILES string of the molecule is CCNC(=NCc1cccc(Cn2ccnc2C)c1)NCc1ccccc1OCC1CC1. The third kappa shape index (κ3) is 6.36. The summed E-state index contributed by atoms with van der Waals surface area (Å²) in [5, 5.41) is 6.80. The van der Waals surface area contributed by atoms with Crippen LogP contribution in [0.2, 0.25) is 0 Å². The van der Waals surface area contributed by atoms with Crippen molar-refractivity contribution in [3.05, 3.63) is 83.4 Å². The Bertz CT molecular complexity index is 1040. The number of rotatable bonds is 10. The maximum Gasteiger partial charge on any atom is 0.191 e. The van der Waals surface area contributed by atoms with Crippen LogP contribution in [0.5, 0.6) is 5.75 Å². The van der Waals surface area contributed by atoms with Crippen LogP contribution in [0.1, 0.15) is 42.3 Å². The molecule has 0 bridgehead atoms. The molecule has 1 fully saturated rings. The highest BCUT2D eigenvalue weighted by Gasteiger charge is 2.22. The zero-order valence-electron chi connectivity index (χ0n) is 19.1. The predicted octanol–water partition coefficient (Wildman–Crippen LogP) is 4.28. The Hall–Kier alpha value is -3.28. The Morgan fingerprint density at radius 2 is 1.97 bits per heavy atom. The molecule has 0 saturated heterocycles. The van der Waals surface area contributed by atoms with E-state index < -0.39 is 0 Å². The lowest BCUT2D eigenvalue weighted by Crippen LogP contribution is -2.36. The van der Waals surface area contributed by atoms with Crippen molar-refractivity contribution < 1.29 is 4.74 Å². The van der Waals surface area contributed by atoms with Gasteiger partial charge in [0, 0.05) is 37.6 Å². The van der Waals surface area contributed by atoms with E-state index in [2.05, 4.69) is 69.6 Å². The lowest BCUT2D eigenvalue weighted by atomic mass is 10.1. The second-order valence-corrected chi connectivity index (χ2v) is 8.33. The first-order valence-electron chi connectivity index (χ1n) is 11.5. The third-order valence-corrected chi connectivity index (χ3v) is 5.62. The standard InChI is InChI=1S/C26H33N5O/c1-3-27-26(30-17-24-9-4-5-10-25(24)32-19-21-11-12-21)29-16-22-7-6-8-23(15-22)18-31-14-13-28-20(31)2/h4-10,13-15,21H,3,11-12,16-19H2,1-2H3,(H2,27,29,30). The summed E-state index contributed by atoms with van der Waals surface area (Å²) in [6.45, 7) is 7.85. The summed E-state index contributed by atoms with van der Waals surface area (Å²) in [6, 6.07) is 16.8. The summed E-state index contributed by atoms with van der Waals surface area (Å²) in [6.07, 6.45) is 6.44. The molecule has 168 valence electrons. The van der Waals surface area contributed by atoms with Gasteiger partial charge in [-0.2, -0.15) is 0 Å². The number of nitrogens with one attached hydrogen (secondary N) is 2. The summed E-state index contributed by atoms with van der Waals surface area (Å²) >= 11 is 0. The first kappa shape index (κ1) is 21.9. The van der Waals surface area contributed by atoms with Crippen LogP contribution < -0.4 is 15.4 Å². The highest BCUT2D eigenvalue weighted by atomic mass is 16.5. The fourth-order valence-corrected chi connectivity index (χ4v) is 3.57. The molecule has 32 heavy (non-hydrogen) atoms. The van der Waals surface area contributed by atoms with Crippen molar-refractivity contribution in [3.63, 3.8) is 0 Å². The van der Waals surface area contributed by atoms with E-state index in [0.29, 0.717) is 13.1 Å². The van der Waals surface area contributed by atoms with Gasteiger partial charge in [0.25, 0.3) is 0 Å². The summed E-state index contributed by atoms with van der Waals surface area (Å²) in [5.74, 6) is 3.53. The summed E-state index contributed by atoms with van der Waals surface area (Å²) in [4.78, 5) is 9.11. The van der Waals surface area contributed by atoms with Crippen LogP contribution in [0.3, 0.4) is 0 Å². The average molecular weight is 432 g/mol. The van der Waals surface area contributed by atoms with Crippen LogP contribution in [0.4, 0.5) is 0 Å². The number of aromatic nitrogens is 2. The van der Waals surface area contributed by atoms with Crippen molar-refractivity contribution in [2.24, 2.45) is 10.9 Å². The fourth-order valence-electron chi connectivity index (χ4n) is 3.57. The Balaban J connectivity index is 1.37. The van der Waals surface area contributed by atoms with Crippen LogP contribution >= 0.6 is 0 Å². The Morgan fingerprint density at radius 1 is 1.12 bits per heavy atom. The number of benzene rings is 2. The maximum atomic E-state index is 6.04. The normalized spacial score (nSPS) is 13.8. The van der Waals surface area contributed by atoms with Crippen molar-refractivity contribution in [3.8, 4) is 5.75 Å². The molecule has 0 amide bonds. The highest BCUT2D eigenvalue weighted by Crippen LogP contribution is 2.30. The van der Waals surface area contributed by atoms with E-state index in [1.54, 1.807) is 0 Å². The van der Waals surface area contributed by atoms with Crippen LogP contribution in [-0.2, 0) is 19.6 Å². The van der Waals surface area contributed by atoms with Gasteiger partial charge < -0.3 is 19.9 Å². The van der Waals surface area contributed by atoms with Gasteiger partial charge in [-0.25, -0.2) is 9.98 Å². The van der Waals surface area contributed by atoms with Crippen molar-refractivity contribution in [2.45, 2.75) is 46.3 Å². The zero-order chi connectivity index (χ0) is 22.2. The first-order valence-corrected chi connectivity index (χ1v) is 11.5. The highest BCUT2D eigenvalue weighted by molar-refractivity contribution is 5.79. The van der Waals surface area contributed by atoms with Crippen LogP contribution in [0, 0.1) is 12.8 Å². The summed E-state index contributed by atoms with van der Waals surface area (Å²) < 4.78 is 8.19. The van der Waals surface area contributed by atoms with Gasteiger partial charge in [0.05, 0.1) is 13.2 Å². The maximum absolute atomic E-state index is 6.04. The monoisotopic (exact) mass is 431 g/mol. The first-order chi connectivity index (χ1) is 15.7. The summed E-state index contributed by atoms with van der Waals surface area (Å²) in [7, 11) is 0. The minimum atomic E-state index is 0.617. The molecule has 0 radical (unpaired) electrons. The molecule has 1 saturated carbocycles. The van der Waals surface area contributed by atoms with Gasteiger partial charge >= 0.3 is 0 Å². The van der Waals surface area contributed by atoms with Gasteiger partial charge in [-0.05, 0) is 49.8 Å². The van der Waals surface area contributed by atoms with Crippen molar-refractivity contribution in [1.82, 2.24) is 20.2 Å². The lowest BCUT2D eigenvalue weighted by molar-refractivity contribution is 0.296. The number of nitrogens with zero attached hydrogens (tertiary/aromatic N) is 3. The van der Waals surface area contributed by atoms with Crippen LogP contribution in [-0.4, -0.2) is 28.7 Å². The Labute approximate surface area is 190 Å².